The Labute approximate surface area is 195 Å². The van der Waals surface area contributed by atoms with E-state index in [0.717, 1.165) is 24.3 Å². The molecule has 1 N–H and O–H groups in total. The van der Waals surface area contributed by atoms with Gasteiger partial charge in [-0.1, -0.05) is 18.2 Å². The van der Waals surface area contributed by atoms with Crippen molar-refractivity contribution in [1.82, 2.24) is 4.90 Å². The molecule has 5 nitrogen and oxygen atoms in total. The highest BCUT2D eigenvalue weighted by atomic mass is 32.2. The maximum atomic E-state index is 13.2. The van der Waals surface area contributed by atoms with Crippen molar-refractivity contribution >= 4 is 35.1 Å². The largest absolute Gasteiger partial charge is 0.418 e. The van der Waals surface area contributed by atoms with Crippen LogP contribution in [0, 0.1) is 0 Å². The lowest BCUT2D eigenvalue weighted by Crippen LogP contribution is -2.54. The van der Waals surface area contributed by atoms with Crippen molar-refractivity contribution in [3.63, 3.8) is 0 Å². The lowest BCUT2D eigenvalue weighted by Gasteiger charge is -2.44. The molecule has 2 aliphatic rings. The molecule has 34 heavy (non-hydrogen) atoms. The van der Waals surface area contributed by atoms with Crippen LogP contribution >= 0.6 is 11.8 Å². The van der Waals surface area contributed by atoms with E-state index in [1.165, 1.54) is 45.8 Å². The summed E-state index contributed by atoms with van der Waals surface area (Å²) in [7, 11) is 0. The van der Waals surface area contributed by atoms with Crippen molar-refractivity contribution < 1.29 is 35.9 Å². The monoisotopic (exact) mass is 503 g/mol. The number of nitrogens with zero attached hydrogens (tertiary/aromatic N) is 2. The first kappa shape index (κ1) is 24.2. The zero-order chi connectivity index (χ0) is 24.7. The molecule has 12 heteroatoms. The third kappa shape index (κ3) is 4.68. The highest BCUT2D eigenvalue weighted by molar-refractivity contribution is 8.02. The smallest absolute Gasteiger partial charge is 0.324 e. The van der Waals surface area contributed by atoms with Crippen molar-refractivity contribution in [2.24, 2.45) is 0 Å². The Kier molecular flexibility index (Phi) is 6.21. The zero-order valence-corrected chi connectivity index (χ0v) is 18.4. The fraction of sp³-hybridized carbons (Fsp3) is 0.364. The molecular formula is C22H19F6N3O2S. The Bertz CT molecular complexity index is 1100. The van der Waals surface area contributed by atoms with Gasteiger partial charge in [0.1, 0.15) is 0 Å². The van der Waals surface area contributed by atoms with Crippen LogP contribution < -0.4 is 10.2 Å². The van der Waals surface area contributed by atoms with Crippen LogP contribution in [0.25, 0.3) is 0 Å². The molecule has 2 fully saturated rings. The molecule has 4 rings (SSSR count). The molecule has 2 saturated heterocycles. The predicted molar refractivity (Wildman–Crippen MR) is 115 cm³/mol. The van der Waals surface area contributed by atoms with Crippen LogP contribution in [0.3, 0.4) is 0 Å². The van der Waals surface area contributed by atoms with Gasteiger partial charge in [-0.15, -0.1) is 11.8 Å². The summed E-state index contributed by atoms with van der Waals surface area (Å²) in [5.74, 6) is -0.247. The molecule has 1 spiro atoms. The highest BCUT2D eigenvalue weighted by Gasteiger charge is 2.49. The Hall–Kier alpha value is -2.89. The summed E-state index contributed by atoms with van der Waals surface area (Å²) in [6, 6.07) is 8.45. The van der Waals surface area contributed by atoms with Crippen molar-refractivity contribution in [2.45, 2.75) is 30.1 Å². The van der Waals surface area contributed by atoms with Gasteiger partial charge < -0.3 is 10.2 Å². The van der Waals surface area contributed by atoms with Gasteiger partial charge in [-0.3, -0.25) is 9.69 Å². The number of carbonyl (C=O) groups excluding carboxylic acids is 2. The van der Waals surface area contributed by atoms with E-state index < -0.39 is 34.4 Å². The Balaban J connectivity index is 1.49. The molecule has 0 saturated carbocycles. The molecule has 2 aromatic rings. The molecule has 2 heterocycles. The summed E-state index contributed by atoms with van der Waals surface area (Å²) in [4.78, 5) is 27.1. The van der Waals surface area contributed by atoms with Crippen LogP contribution in [0.15, 0.2) is 48.5 Å². The topological polar surface area (TPSA) is 52.7 Å². The van der Waals surface area contributed by atoms with E-state index in [1.807, 2.05) is 0 Å². The van der Waals surface area contributed by atoms with Crippen molar-refractivity contribution in [2.75, 3.05) is 29.1 Å². The maximum Gasteiger partial charge on any atom is 0.418 e. The van der Waals surface area contributed by atoms with Crippen LogP contribution in [-0.2, 0) is 17.1 Å². The number of rotatable bonds is 2. The van der Waals surface area contributed by atoms with Gasteiger partial charge in [-0.05, 0) is 43.2 Å². The molecular weight excluding hydrogens is 484 g/mol. The summed E-state index contributed by atoms with van der Waals surface area (Å²) < 4.78 is 79.2. The quantitative estimate of drug-likeness (QED) is 0.525. The number of thioether (sulfide) groups is 1. The number of nitrogens with one attached hydrogen (secondary N) is 1. The van der Waals surface area contributed by atoms with Crippen LogP contribution in [0.5, 0.6) is 0 Å². The first-order chi connectivity index (χ1) is 15.9. The van der Waals surface area contributed by atoms with Gasteiger partial charge in [0.2, 0.25) is 5.91 Å². The summed E-state index contributed by atoms with van der Waals surface area (Å²) in [5.41, 5.74) is -2.08. The Morgan fingerprint density at radius 3 is 2.26 bits per heavy atom. The summed E-state index contributed by atoms with van der Waals surface area (Å²) in [6.45, 7) is 0.242. The van der Waals surface area contributed by atoms with E-state index in [4.69, 9.17) is 0 Å². The lowest BCUT2D eigenvalue weighted by atomic mass is 10.0. The molecule has 0 aromatic heterocycles. The average Bonchev–Trinajstić information content (AvgIpc) is 3.08. The number of hydrogen-bond donors (Lipinski definition) is 1. The number of hydrogen-bond acceptors (Lipinski definition) is 3. The fourth-order valence-electron chi connectivity index (χ4n) is 4.21. The highest BCUT2D eigenvalue weighted by Crippen LogP contribution is 2.47. The van der Waals surface area contributed by atoms with Gasteiger partial charge in [-0.2, -0.15) is 26.3 Å². The number of carbonyl (C=O) groups is 2. The Morgan fingerprint density at radius 1 is 0.941 bits per heavy atom. The van der Waals surface area contributed by atoms with Gasteiger partial charge in [0, 0.05) is 18.8 Å². The van der Waals surface area contributed by atoms with E-state index in [-0.39, 0.29) is 49.0 Å². The van der Waals surface area contributed by atoms with Crippen LogP contribution in [0.2, 0.25) is 0 Å². The fourth-order valence-corrected chi connectivity index (χ4v) is 5.54. The van der Waals surface area contributed by atoms with Crippen molar-refractivity contribution in [1.29, 1.82) is 0 Å². The van der Waals surface area contributed by atoms with Crippen LogP contribution in [0.1, 0.15) is 24.0 Å². The van der Waals surface area contributed by atoms with Crippen molar-refractivity contribution in [3.8, 4) is 0 Å². The minimum atomic E-state index is -4.64. The Morgan fingerprint density at radius 2 is 1.62 bits per heavy atom. The number of amides is 3. The SMILES string of the molecule is O=C(Nc1ccccc1C(F)(F)F)N1CCC2(CC1)SCC(=O)N2c1cccc(C(F)(F)F)c1. The summed E-state index contributed by atoms with van der Waals surface area (Å²) in [6.07, 6.45) is -8.68. The second kappa shape index (κ2) is 8.71. The second-order valence-electron chi connectivity index (χ2n) is 7.97. The molecule has 2 aliphatic heterocycles. The van der Waals surface area contributed by atoms with E-state index in [0.29, 0.717) is 0 Å². The molecule has 3 amide bonds. The minimum absolute atomic E-state index is 0.0847. The average molecular weight is 503 g/mol. The number of anilines is 2. The number of alkyl halides is 6. The van der Waals surface area contributed by atoms with E-state index in [2.05, 4.69) is 5.32 Å². The third-order valence-corrected chi connectivity index (χ3v) is 7.38. The van der Waals surface area contributed by atoms with Crippen LogP contribution in [0.4, 0.5) is 42.5 Å². The number of benzene rings is 2. The molecule has 0 radical (unpaired) electrons. The van der Waals surface area contributed by atoms with Gasteiger partial charge in [-0.25, -0.2) is 4.79 Å². The standard InChI is InChI=1S/C22H19F6N3O2S/c23-21(24,25)14-4-3-5-15(12-14)31-18(32)13-34-20(31)8-10-30(11-9-20)19(33)29-17-7-2-1-6-16(17)22(26,27)28/h1-7,12H,8-11,13H2,(H,29,33). The van der Waals surface area contributed by atoms with E-state index >= 15 is 0 Å². The second-order valence-corrected chi connectivity index (χ2v) is 9.31. The van der Waals surface area contributed by atoms with E-state index in [9.17, 15) is 35.9 Å². The zero-order valence-electron chi connectivity index (χ0n) is 17.5. The number of piperidine rings is 1. The van der Waals surface area contributed by atoms with Gasteiger partial charge >= 0.3 is 18.4 Å². The minimum Gasteiger partial charge on any atom is -0.324 e. The third-order valence-electron chi connectivity index (χ3n) is 5.86. The molecule has 2 aromatic carbocycles. The van der Waals surface area contributed by atoms with Gasteiger partial charge in [0.05, 0.1) is 27.4 Å². The number of likely N-dealkylation sites (tertiary alicyclic amines) is 1. The molecule has 0 atom stereocenters. The summed E-state index contributed by atoms with van der Waals surface area (Å²) in [5, 5.41) is 2.30. The number of urea groups is 1. The number of halogens is 6. The van der Waals surface area contributed by atoms with Gasteiger partial charge in [0.15, 0.2) is 0 Å². The molecule has 0 bridgehead atoms. The summed E-state index contributed by atoms with van der Waals surface area (Å²) >= 11 is 1.30. The van der Waals surface area contributed by atoms with E-state index in [1.54, 1.807) is 0 Å². The van der Waals surface area contributed by atoms with Crippen molar-refractivity contribution in [3.05, 3.63) is 59.7 Å². The first-order valence-electron chi connectivity index (χ1n) is 10.3. The molecule has 0 aliphatic carbocycles. The lowest BCUT2D eigenvalue weighted by molar-refractivity contribution is -0.138. The van der Waals surface area contributed by atoms with Gasteiger partial charge in [0.25, 0.3) is 0 Å². The maximum absolute atomic E-state index is 13.2. The first-order valence-corrected chi connectivity index (χ1v) is 11.3. The molecule has 182 valence electrons. The normalized spacial score (nSPS) is 18.5. The predicted octanol–water partition coefficient (Wildman–Crippen LogP) is 5.83. The number of para-hydroxylation sites is 1. The molecule has 0 unspecified atom stereocenters. The van der Waals surface area contributed by atoms with Crippen LogP contribution in [-0.4, -0.2) is 40.6 Å².